The van der Waals surface area contributed by atoms with Gasteiger partial charge >= 0.3 is 0 Å². The largest absolute Gasteiger partial charge is 0.493 e. The number of halogens is 1. The van der Waals surface area contributed by atoms with E-state index in [1.165, 1.54) is 22.9 Å². The second-order valence-corrected chi connectivity index (χ2v) is 6.75. The maximum atomic E-state index is 12.6. The van der Waals surface area contributed by atoms with E-state index >= 15 is 0 Å². The van der Waals surface area contributed by atoms with Gasteiger partial charge in [-0.05, 0) is 35.4 Å². The molecule has 0 spiro atoms. The lowest BCUT2D eigenvalue weighted by atomic mass is 10.2. The number of hydrogen-bond donors (Lipinski definition) is 1. The molecule has 0 aliphatic rings. The topological polar surface area (TPSA) is 69.6 Å². The molecule has 0 atom stereocenters. The van der Waals surface area contributed by atoms with Gasteiger partial charge in [0.15, 0.2) is 11.5 Å². The lowest BCUT2D eigenvalue weighted by Gasteiger charge is -2.12. The second-order valence-electron chi connectivity index (χ2n) is 6.35. The molecule has 29 heavy (non-hydrogen) atoms. The third-order valence-corrected chi connectivity index (χ3v) is 4.81. The molecule has 0 saturated heterocycles. The molecular weight excluding hydrogens is 392 g/mol. The molecule has 0 fully saturated rings. The maximum absolute atomic E-state index is 12.6. The van der Waals surface area contributed by atoms with Gasteiger partial charge in [-0.15, -0.1) is 0 Å². The van der Waals surface area contributed by atoms with Crippen molar-refractivity contribution in [2.24, 2.45) is 0 Å². The van der Waals surface area contributed by atoms with Crippen molar-refractivity contribution in [2.45, 2.75) is 13.1 Å². The van der Waals surface area contributed by atoms with Crippen LogP contribution in [0.2, 0.25) is 5.02 Å². The van der Waals surface area contributed by atoms with E-state index in [4.69, 9.17) is 21.1 Å². The van der Waals surface area contributed by atoms with Crippen molar-refractivity contribution in [1.29, 1.82) is 0 Å². The van der Waals surface area contributed by atoms with Crippen LogP contribution in [0.1, 0.15) is 21.5 Å². The van der Waals surface area contributed by atoms with Gasteiger partial charge in [-0.3, -0.25) is 9.59 Å². The van der Waals surface area contributed by atoms with Gasteiger partial charge in [0.05, 0.1) is 26.3 Å². The van der Waals surface area contributed by atoms with Crippen molar-refractivity contribution in [3.05, 3.63) is 92.9 Å². The highest BCUT2D eigenvalue weighted by molar-refractivity contribution is 6.31. The van der Waals surface area contributed by atoms with E-state index < -0.39 is 0 Å². The van der Waals surface area contributed by atoms with Crippen LogP contribution in [0.4, 0.5) is 0 Å². The number of amides is 1. The Balaban J connectivity index is 1.73. The summed E-state index contributed by atoms with van der Waals surface area (Å²) in [7, 11) is 3.12. The standard InChI is InChI=1S/C22H21ClN2O4/c1-28-19-9-7-15(11-20(19)29-2)12-24-22(27)17-8-10-21(26)25(14-17)13-16-5-3-4-6-18(16)23/h3-11,14H,12-13H2,1-2H3,(H,24,27). The molecule has 7 heteroatoms. The van der Waals surface area contributed by atoms with Crippen molar-refractivity contribution in [1.82, 2.24) is 9.88 Å². The molecule has 1 amide bonds. The van der Waals surface area contributed by atoms with Crippen LogP contribution in [0.5, 0.6) is 11.5 Å². The van der Waals surface area contributed by atoms with Crippen molar-refractivity contribution >= 4 is 17.5 Å². The van der Waals surface area contributed by atoms with Gasteiger partial charge in [0.1, 0.15) is 0 Å². The summed E-state index contributed by atoms with van der Waals surface area (Å²) >= 11 is 6.18. The smallest absolute Gasteiger partial charge is 0.253 e. The minimum absolute atomic E-state index is 0.207. The first-order chi connectivity index (χ1) is 14.0. The number of methoxy groups -OCH3 is 2. The van der Waals surface area contributed by atoms with Gasteiger partial charge in [0.2, 0.25) is 0 Å². The van der Waals surface area contributed by atoms with E-state index in [0.717, 1.165) is 11.1 Å². The fourth-order valence-corrected chi connectivity index (χ4v) is 3.07. The van der Waals surface area contributed by atoms with Crippen LogP contribution in [-0.2, 0) is 13.1 Å². The van der Waals surface area contributed by atoms with Gasteiger partial charge in [-0.25, -0.2) is 0 Å². The number of benzene rings is 2. The monoisotopic (exact) mass is 412 g/mol. The van der Waals surface area contributed by atoms with E-state index in [1.54, 1.807) is 32.4 Å². The highest BCUT2D eigenvalue weighted by Crippen LogP contribution is 2.27. The average molecular weight is 413 g/mol. The molecule has 3 rings (SSSR count). The van der Waals surface area contributed by atoms with Crippen LogP contribution in [0.25, 0.3) is 0 Å². The minimum atomic E-state index is -0.285. The van der Waals surface area contributed by atoms with E-state index in [-0.39, 0.29) is 18.0 Å². The molecule has 0 aliphatic carbocycles. The molecule has 2 aromatic carbocycles. The third kappa shape index (κ3) is 4.97. The SMILES string of the molecule is COc1ccc(CNC(=O)c2ccc(=O)n(Cc3ccccc3Cl)c2)cc1OC. The number of pyridine rings is 1. The van der Waals surface area contributed by atoms with Gasteiger partial charge in [0.25, 0.3) is 11.5 Å². The number of carbonyl (C=O) groups is 1. The summed E-state index contributed by atoms with van der Waals surface area (Å²) in [5.74, 6) is 0.925. The third-order valence-electron chi connectivity index (χ3n) is 4.45. The predicted molar refractivity (Wildman–Crippen MR) is 112 cm³/mol. The summed E-state index contributed by atoms with van der Waals surface area (Å²) in [5.41, 5.74) is 1.85. The van der Waals surface area contributed by atoms with Gasteiger partial charge in [-0.1, -0.05) is 35.9 Å². The van der Waals surface area contributed by atoms with Gasteiger partial charge < -0.3 is 19.4 Å². The Morgan fingerprint density at radius 1 is 1.03 bits per heavy atom. The molecule has 0 bridgehead atoms. The summed E-state index contributed by atoms with van der Waals surface area (Å²) in [6.45, 7) is 0.595. The number of hydrogen-bond acceptors (Lipinski definition) is 4. The van der Waals surface area contributed by atoms with E-state index in [1.807, 2.05) is 24.3 Å². The number of nitrogens with zero attached hydrogens (tertiary/aromatic N) is 1. The van der Waals surface area contributed by atoms with Crippen LogP contribution in [0.3, 0.4) is 0 Å². The Morgan fingerprint density at radius 2 is 1.79 bits per heavy atom. The van der Waals surface area contributed by atoms with E-state index in [9.17, 15) is 9.59 Å². The summed E-state index contributed by atoms with van der Waals surface area (Å²) in [4.78, 5) is 24.8. The van der Waals surface area contributed by atoms with Crippen molar-refractivity contribution in [3.8, 4) is 11.5 Å². The van der Waals surface area contributed by atoms with Crippen LogP contribution in [0, 0.1) is 0 Å². The van der Waals surface area contributed by atoms with Crippen LogP contribution >= 0.6 is 11.6 Å². The lowest BCUT2D eigenvalue weighted by Crippen LogP contribution is -2.26. The second kappa shape index (κ2) is 9.30. The van der Waals surface area contributed by atoms with Gasteiger partial charge in [-0.2, -0.15) is 0 Å². The molecule has 1 aromatic heterocycles. The van der Waals surface area contributed by atoms with Crippen molar-refractivity contribution < 1.29 is 14.3 Å². The van der Waals surface area contributed by atoms with Crippen molar-refractivity contribution in [2.75, 3.05) is 14.2 Å². The quantitative estimate of drug-likeness (QED) is 0.644. The minimum Gasteiger partial charge on any atom is -0.493 e. The summed E-state index contributed by atoms with van der Waals surface area (Å²) < 4.78 is 12.0. The van der Waals surface area contributed by atoms with Crippen molar-refractivity contribution in [3.63, 3.8) is 0 Å². The molecule has 1 heterocycles. The molecule has 150 valence electrons. The van der Waals surface area contributed by atoms with E-state index in [2.05, 4.69) is 5.32 Å². The Morgan fingerprint density at radius 3 is 2.52 bits per heavy atom. The average Bonchev–Trinajstić information content (AvgIpc) is 2.74. The molecule has 0 saturated carbocycles. The first kappa shape index (κ1) is 20.5. The summed E-state index contributed by atoms with van der Waals surface area (Å²) in [5, 5.41) is 3.42. The number of aromatic nitrogens is 1. The molecule has 0 radical (unpaired) electrons. The lowest BCUT2D eigenvalue weighted by molar-refractivity contribution is 0.0950. The fraction of sp³-hybridized carbons (Fsp3) is 0.182. The zero-order valence-electron chi connectivity index (χ0n) is 16.1. The zero-order chi connectivity index (χ0) is 20.8. The van der Waals surface area contributed by atoms with Crippen LogP contribution < -0.4 is 20.3 Å². The number of rotatable bonds is 7. The Labute approximate surface area is 173 Å². The van der Waals surface area contributed by atoms with Crippen LogP contribution in [-0.4, -0.2) is 24.7 Å². The molecule has 0 aliphatic heterocycles. The van der Waals surface area contributed by atoms with Gasteiger partial charge in [0, 0.05) is 23.8 Å². The highest BCUT2D eigenvalue weighted by atomic mass is 35.5. The Kier molecular flexibility index (Phi) is 6.57. The number of nitrogens with one attached hydrogen (secondary N) is 1. The summed E-state index contributed by atoms with van der Waals surface area (Å²) in [6, 6.07) is 15.6. The molecule has 6 nitrogen and oxygen atoms in total. The molecule has 1 N–H and O–H groups in total. The number of ether oxygens (including phenoxy) is 2. The number of carbonyl (C=O) groups excluding carboxylic acids is 1. The normalized spacial score (nSPS) is 10.4. The zero-order valence-corrected chi connectivity index (χ0v) is 16.9. The Bertz CT molecular complexity index is 1080. The molecular formula is C22H21ClN2O4. The molecule has 0 unspecified atom stereocenters. The first-order valence-corrected chi connectivity index (χ1v) is 9.32. The Hall–Kier alpha value is -3.25. The fourth-order valence-electron chi connectivity index (χ4n) is 2.87. The molecule has 3 aromatic rings. The van der Waals surface area contributed by atoms with E-state index in [0.29, 0.717) is 28.6 Å². The van der Waals surface area contributed by atoms with Crippen LogP contribution in [0.15, 0.2) is 65.6 Å². The maximum Gasteiger partial charge on any atom is 0.253 e. The summed E-state index contributed by atoms with van der Waals surface area (Å²) in [6.07, 6.45) is 1.54. The predicted octanol–water partition coefficient (Wildman–Crippen LogP) is 3.50. The highest BCUT2D eigenvalue weighted by Gasteiger charge is 2.10. The first-order valence-electron chi connectivity index (χ1n) is 8.95.